The Balaban J connectivity index is 2.46. The quantitative estimate of drug-likeness (QED) is 0.739. The van der Waals surface area contributed by atoms with Crippen molar-refractivity contribution < 1.29 is 19.2 Å². The number of aryl methyl sites for hydroxylation is 1. The molecule has 6 heteroatoms. The molecule has 1 atom stereocenters. The van der Waals surface area contributed by atoms with Crippen molar-refractivity contribution in [2.45, 2.75) is 26.3 Å². The van der Waals surface area contributed by atoms with E-state index < -0.39 is 17.9 Å². The maximum atomic E-state index is 11.3. The van der Waals surface area contributed by atoms with Crippen molar-refractivity contribution in [3.8, 4) is 0 Å². The van der Waals surface area contributed by atoms with Gasteiger partial charge in [-0.25, -0.2) is 0 Å². The number of hydrogen-bond acceptors (Lipinski definition) is 4. The van der Waals surface area contributed by atoms with Gasteiger partial charge in [0.1, 0.15) is 11.8 Å². The van der Waals surface area contributed by atoms with Gasteiger partial charge in [-0.15, -0.1) is 0 Å². The van der Waals surface area contributed by atoms with Crippen molar-refractivity contribution in [2.24, 2.45) is 0 Å². The molecule has 0 saturated carbocycles. The second-order valence-corrected chi connectivity index (χ2v) is 3.24. The highest BCUT2D eigenvalue weighted by molar-refractivity contribution is 5.84. The first-order valence-electron chi connectivity index (χ1n) is 4.43. The van der Waals surface area contributed by atoms with E-state index in [0.29, 0.717) is 11.5 Å². The van der Waals surface area contributed by atoms with E-state index in [1.54, 1.807) is 13.0 Å². The predicted molar refractivity (Wildman–Crippen MR) is 50.2 cm³/mol. The molecule has 1 aromatic heterocycles. The van der Waals surface area contributed by atoms with E-state index >= 15 is 0 Å². The fourth-order valence-electron chi connectivity index (χ4n) is 1.01. The van der Waals surface area contributed by atoms with Gasteiger partial charge in [0, 0.05) is 6.07 Å². The Morgan fingerprint density at radius 1 is 1.67 bits per heavy atom. The Labute approximate surface area is 86.3 Å². The minimum Gasteiger partial charge on any atom is -0.480 e. The highest BCUT2D eigenvalue weighted by atomic mass is 16.5. The second kappa shape index (κ2) is 4.59. The van der Waals surface area contributed by atoms with Gasteiger partial charge in [-0.3, -0.25) is 9.59 Å². The second-order valence-electron chi connectivity index (χ2n) is 3.24. The summed E-state index contributed by atoms with van der Waals surface area (Å²) in [5.74, 6) is -1.05. The minimum atomic E-state index is -1.07. The molecule has 1 unspecified atom stereocenters. The first kappa shape index (κ1) is 11.2. The van der Waals surface area contributed by atoms with Crippen LogP contribution in [0.25, 0.3) is 0 Å². The van der Waals surface area contributed by atoms with Crippen LogP contribution in [0, 0.1) is 6.92 Å². The molecular formula is C9H12N2O4. The van der Waals surface area contributed by atoms with Crippen LogP contribution in [-0.2, 0) is 16.0 Å². The third-order valence-corrected chi connectivity index (χ3v) is 1.76. The van der Waals surface area contributed by atoms with Crippen LogP contribution in [0.15, 0.2) is 10.6 Å². The molecule has 6 nitrogen and oxygen atoms in total. The zero-order valence-electron chi connectivity index (χ0n) is 8.48. The molecule has 0 spiro atoms. The van der Waals surface area contributed by atoms with Crippen LogP contribution in [0.2, 0.25) is 0 Å². The SMILES string of the molecule is Cc1cc(CC(=O)NC(C)C(=O)O)on1. The fourth-order valence-corrected chi connectivity index (χ4v) is 1.01. The van der Waals surface area contributed by atoms with Crippen molar-refractivity contribution in [1.82, 2.24) is 10.5 Å². The maximum absolute atomic E-state index is 11.3. The Hall–Kier alpha value is -1.85. The number of nitrogens with one attached hydrogen (secondary N) is 1. The predicted octanol–water partition coefficient (Wildman–Crippen LogP) is 0.115. The monoisotopic (exact) mass is 212 g/mol. The normalized spacial score (nSPS) is 12.1. The van der Waals surface area contributed by atoms with E-state index in [0.717, 1.165) is 0 Å². The van der Waals surface area contributed by atoms with Gasteiger partial charge in [0.2, 0.25) is 5.91 Å². The smallest absolute Gasteiger partial charge is 0.325 e. The van der Waals surface area contributed by atoms with Gasteiger partial charge in [-0.05, 0) is 13.8 Å². The summed E-state index contributed by atoms with van der Waals surface area (Å²) in [6.07, 6.45) is -0.00153. The Bertz CT molecular complexity index is 372. The molecule has 0 saturated heterocycles. The molecule has 0 bridgehead atoms. The highest BCUT2D eigenvalue weighted by Crippen LogP contribution is 2.02. The van der Waals surface area contributed by atoms with Crippen LogP contribution in [0.1, 0.15) is 18.4 Å². The zero-order chi connectivity index (χ0) is 11.4. The number of carbonyl (C=O) groups excluding carboxylic acids is 1. The largest absolute Gasteiger partial charge is 0.480 e. The third kappa shape index (κ3) is 3.41. The van der Waals surface area contributed by atoms with Gasteiger partial charge in [0.05, 0.1) is 12.1 Å². The summed E-state index contributed by atoms with van der Waals surface area (Å²) < 4.78 is 4.82. The lowest BCUT2D eigenvalue weighted by Crippen LogP contribution is -2.39. The molecule has 0 aromatic carbocycles. The maximum Gasteiger partial charge on any atom is 0.325 e. The number of hydrogen-bond donors (Lipinski definition) is 2. The Morgan fingerprint density at radius 3 is 2.80 bits per heavy atom. The van der Waals surface area contributed by atoms with E-state index in [1.807, 2.05) is 0 Å². The van der Waals surface area contributed by atoms with Gasteiger partial charge >= 0.3 is 5.97 Å². The molecule has 1 aromatic rings. The van der Waals surface area contributed by atoms with Crippen LogP contribution < -0.4 is 5.32 Å². The first-order chi connectivity index (χ1) is 6.99. The summed E-state index contributed by atoms with van der Waals surface area (Å²) in [6, 6.07) is 0.729. The Kier molecular flexibility index (Phi) is 3.43. The van der Waals surface area contributed by atoms with Gasteiger partial charge in [0.15, 0.2) is 0 Å². The topological polar surface area (TPSA) is 92.4 Å². The number of rotatable bonds is 4. The number of amides is 1. The molecule has 2 N–H and O–H groups in total. The number of aromatic nitrogens is 1. The van der Waals surface area contributed by atoms with E-state index in [4.69, 9.17) is 9.63 Å². The molecule has 0 radical (unpaired) electrons. The minimum absolute atomic E-state index is 0.00153. The third-order valence-electron chi connectivity index (χ3n) is 1.76. The average molecular weight is 212 g/mol. The number of aliphatic carboxylic acids is 1. The molecular weight excluding hydrogens is 200 g/mol. The van der Waals surface area contributed by atoms with Gasteiger partial charge in [-0.2, -0.15) is 0 Å². The molecule has 0 aliphatic rings. The van der Waals surface area contributed by atoms with Crippen LogP contribution in [0.4, 0.5) is 0 Å². The first-order valence-corrected chi connectivity index (χ1v) is 4.43. The highest BCUT2D eigenvalue weighted by Gasteiger charge is 2.15. The van der Waals surface area contributed by atoms with Crippen molar-refractivity contribution in [1.29, 1.82) is 0 Å². The van der Waals surface area contributed by atoms with Crippen molar-refractivity contribution in [3.63, 3.8) is 0 Å². The lowest BCUT2D eigenvalue weighted by molar-refractivity contribution is -0.141. The summed E-state index contributed by atoms with van der Waals surface area (Å²) in [5, 5.41) is 14.5. The van der Waals surface area contributed by atoms with E-state index in [-0.39, 0.29) is 6.42 Å². The number of nitrogens with zero attached hydrogens (tertiary/aromatic N) is 1. The van der Waals surface area contributed by atoms with Crippen LogP contribution in [0.5, 0.6) is 0 Å². The van der Waals surface area contributed by atoms with E-state index in [2.05, 4.69) is 10.5 Å². The Morgan fingerprint density at radius 2 is 2.33 bits per heavy atom. The summed E-state index contributed by atoms with van der Waals surface area (Å²) in [7, 11) is 0. The van der Waals surface area contributed by atoms with Gasteiger partial charge in [-0.1, -0.05) is 5.16 Å². The standard InChI is InChI=1S/C9H12N2O4/c1-5-3-7(15-11-5)4-8(12)10-6(2)9(13)14/h3,6H,4H2,1-2H3,(H,10,12)(H,13,14). The zero-order valence-corrected chi connectivity index (χ0v) is 8.48. The van der Waals surface area contributed by atoms with Crippen LogP contribution in [-0.4, -0.2) is 28.2 Å². The average Bonchev–Trinajstić information content (AvgIpc) is 2.50. The van der Waals surface area contributed by atoms with Gasteiger partial charge < -0.3 is 14.9 Å². The van der Waals surface area contributed by atoms with E-state index in [9.17, 15) is 9.59 Å². The molecule has 0 fully saturated rings. The summed E-state index contributed by atoms with van der Waals surface area (Å²) in [5.41, 5.74) is 0.684. The lowest BCUT2D eigenvalue weighted by atomic mass is 10.2. The summed E-state index contributed by atoms with van der Waals surface area (Å²) in [6.45, 7) is 3.14. The van der Waals surface area contributed by atoms with E-state index in [1.165, 1.54) is 6.92 Å². The number of carbonyl (C=O) groups is 2. The molecule has 82 valence electrons. The molecule has 15 heavy (non-hydrogen) atoms. The van der Waals surface area contributed by atoms with Crippen molar-refractivity contribution in [3.05, 3.63) is 17.5 Å². The number of carboxylic acid groups (broad SMARTS) is 1. The van der Waals surface area contributed by atoms with Crippen molar-refractivity contribution >= 4 is 11.9 Å². The number of carboxylic acids is 1. The van der Waals surface area contributed by atoms with Crippen LogP contribution in [0.3, 0.4) is 0 Å². The molecule has 1 heterocycles. The molecule has 0 aliphatic heterocycles. The molecule has 0 aliphatic carbocycles. The van der Waals surface area contributed by atoms with Crippen molar-refractivity contribution in [2.75, 3.05) is 0 Å². The summed E-state index contributed by atoms with van der Waals surface area (Å²) >= 11 is 0. The van der Waals surface area contributed by atoms with Gasteiger partial charge in [0.25, 0.3) is 0 Å². The molecule has 1 amide bonds. The summed E-state index contributed by atoms with van der Waals surface area (Å²) in [4.78, 5) is 21.7. The lowest BCUT2D eigenvalue weighted by Gasteiger charge is -2.07. The molecule has 1 rings (SSSR count). The van der Waals surface area contributed by atoms with Crippen LogP contribution >= 0.6 is 0 Å². The fraction of sp³-hybridized carbons (Fsp3) is 0.444.